The van der Waals surface area contributed by atoms with E-state index in [0.29, 0.717) is 0 Å². The van der Waals surface area contributed by atoms with Crippen LogP contribution in [0.15, 0.2) is 12.2 Å². The molecule has 0 aromatic heterocycles. The highest BCUT2D eigenvalue weighted by atomic mass is 32.2. The van der Waals surface area contributed by atoms with E-state index >= 15 is 0 Å². The maximum atomic E-state index is 14.0. The fraction of sp³-hybridized carbons (Fsp3) is 0.833. The summed E-state index contributed by atoms with van der Waals surface area (Å²) in [6.45, 7) is 0. The molecule has 2 aliphatic carbocycles. The number of alkyl halides is 10. The molecule has 1 saturated carbocycles. The van der Waals surface area contributed by atoms with Crippen molar-refractivity contribution in [2.75, 3.05) is 0 Å². The predicted molar refractivity (Wildman–Crippen MR) is 60.3 cm³/mol. The van der Waals surface area contributed by atoms with Gasteiger partial charge in [-0.2, -0.15) is 43.9 Å². The molecule has 2 fully saturated rings. The molecule has 3 rings (SSSR count). The molecule has 1 heterocycles. The van der Waals surface area contributed by atoms with Crippen LogP contribution in [-0.4, -0.2) is 34.2 Å². The molecule has 1 saturated heterocycles. The van der Waals surface area contributed by atoms with Crippen LogP contribution >= 0.6 is 11.8 Å². The fourth-order valence-electron chi connectivity index (χ4n) is 3.82. The first-order valence-corrected chi connectivity index (χ1v) is 7.31. The molecule has 0 spiro atoms. The van der Waals surface area contributed by atoms with Crippen LogP contribution in [0.2, 0.25) is 0 Å². The molecule has 132 valence electrons. The molecule has 0 aromatic rings. The summed E-state index contributed by atoms with van der Waals surface area (Å²) < 4.78 is 127. The van der Waals surface area contributed by atoms with Gasteiger partial charge in [-0.05, 0) is 18.3 Å². The number of halogens is 10. The van der Waals surface area contributed by atoms with Crippen molar-refractivity contribution < 1.29 is 43.9 Å². The smallest absolute Gasteiger partial charge is 0.197 e. The number of thioether (sulfide) groups is 1. The summed E-state index contributed by atoms with van der Waals surface area (Å²) in [5.41, 5.74) is 0. The Kier molecular flexibility index (Phi) is 3.23. The average Bonchev–Trinajstić information content (AvgIpc) is 2.81. The molecule has 5 atom stereocenters. The SMILES string of the molecule is FC(F)(F)C(F)(F)C(F)(F)C1(C(F)(F)F)S[C@H]2C3C=CC(C3)C21. The molecule has 3 aliphatic rings. The molecule has 1 aliphatic heterocycles. The second-order valence-corrected chi connectivity index (χ2v) is 7.36. The van der Waals surface area contributed by atoms with Gasteiger partial charge in [-0.15, -0.1) is 11.8 Å². The van der Waals surface area contributed by atoms with Crippen LogP contribution in [-0.2, 0) is 0 Å². The highest BCUT2D eigenvalue weighted by molar-refractivity contribution is 8.03. The first kappa shape index (κ1) is 17.2. The van der Waals surface area contributed by atoms with Crippen molar-refractivity contribution in [3.8, 4) is 0 Å². The minimum absolute atomic E-state index is 0.0633. The van der Waals surface area contributed by atoms with Crippen LogP contribution in [0, 0.1) is 17.8 Å². The van der Waals surface area contributed by atoms with Crippen molar-refractivity contribution in [1.29, 1.82) is 0 Å². The number of rotatable bonds is 2. The third-order valence-corrected chi connectivity index (χ3v) is 6.86. The van der Waals surface area contributed by atoms with E-state index in [0.717, 1.165) is 0 Å². The first-order valence-electron chi connectivity index (χ1n) is 6.43. The van der Waals surface area contributed by atoms with Crippen LogP contribution < -0.4 is 0 Å². The summed E-state index contributed by atoms with van der Waals surface area (Å²) in [6.07, 6.45) is -9.93. The molecular weight excluding hydrogens is 366 g/mol. The predicted octanol–water partition coefficient (Wildman–Crippen LogP) is 5.06. The van der Waals surface area contributed by atoms with Crippen molar-refractivity contribution in [2.45, 2.75) is 40.6 Å². The van der Waals surface area contributed by atoms with Crippen molar-refractivity contribution in [3.05, 3.63) is 12.2 Å². The van der Waals surface area contributed by atoms with E-state index in [4.69, 9.17) is 0 Å². The monoisotopic (exact) mass is 374 g/mol. The van der Waals surface area contributed by atoms with Crippen LogP contribution in [0.3, 0.4) is 0 Å². The van der Waals surface area contributed by atoms with Gasteiger partial charge in [0.25, 0.3) is 0 Å². The van der Waals surface area contributed by atoms with Gasteiger partial charge in [-0.25, -0.2) is 0 Å². The Morgan fingerprint density at radius 1 is 0.826 bits per heavy atom. The standard InChI is InChI=1S/C12H8F10S/c13-9(14,10(15,16)12(20,21)22)8(11(17,18)19)6-4-1-2-5(3-4)7(6)23-8/h1-2,4-7H,3H2/t4?,5?,6?,7-,8?/m0/s1. The van der Waals surface area contributed by atoms with E-state index < -0.39 is 63.7 Å². The second-order valence-electron chi connectivity index (χ2n) is 5.94. The lowest BCUT2D eigenvalue weighted by molar-refractivity contribution is -0.386. The van der Waals surface area contributed by atoms with Crippen molar-refractivity contribution in [2.24, 2.45) is 17.8 Å². The van der Waals surface area contributed by atoms with E-state index in [1.54, 1.807) is 0 Å². The molecule has 0 radical (unpaired) electrons. The summed E-state index contributed by atoms with van der Waals surface area (Å²) in [4.78, 5) is 0. The maximum Gasteiger partial charge on any atom is 0.459 e. The summed E-state index contributed by atoms with van der Waals surface area (Å²) >= 11 is -0.495. The van der Waals surface area contributed by atoms with Gasteiger partial charge in [0.05, 0.1) is 0 Å². The van der Waals surface area contributed by atoms with Crippen LogP contribution in [0.5, 0.6) is 0 Å². The van der Waals surface area contributed by atoms with Crippen molar-refractivity contribution in [3.63, 3.8) is 0 Å². The highest BCUT2D eigenvalue weighted by Gasteiger charge is 2.92. The van der Waals surface area contributed by atoms with Crippen LogP contribution in [0.1, 0.15) is 6.42 Å². The number of hydrogen-bond donors (Lipinski definition) is 0. The normalized spacial score (nSPS) is 40.3. The average molecular weight is 374 g/mol. The van der Waals surface area contributed by atoms with E-state index in [-0.39, 0.29) is 6.42 Å². The van der Waals surface area contributed by atoms with E-state index in [1.165, 1.54) is 12.2 Å². The molecule has 2 bridgehead atoms. The topological polar surface area (TPSA) is 0 Å². The summed E-state index contributed by atoms with van der Waals surface area (Å²) in [6, 6.07) is 0. The first-order chi connectivity index (χ1) is 10.2. The molecule has 0 amide bonds. The number of fused-ring (bicyclic) bond motifs is 5. The Hall–Kier alpha value is -0.610. The maximum absolute atomic E-state index is 14.0. The lowest BCUT2D eigenvalue weighted by Gasteiger charge is -2.59. The number of allylic oxidation sites excluding steroid dienone is 2. The highest BCUT2D eigenvalue weighted by Crippen LogP contribution is 2.77. The Bertz CT molecular complexity index is 547. The van der Waals surface area contributed by atoms with Gasteiger partial charge in [-0.3, -0.25) is 0 Å². The largest absolute Gasteiger partial charge is 0.459 e. The van der Waals surface area contributed by atoms with Gasteiger partial charge < -0.3 is 0 Å². The van der Waals surface area contributed by atoms with Gasteiger partial charge in [-0.1, -0.05) is 12.2 Å². The third-order valence-electron chi connectivity index (χ3n) is 4.82. The molecule has 0 nitrogen and oxygen atoms in total. The zero-order valence-electron chi connectivity index (χ0n) is 10.9. The molecule has 23 heavy (non-hydrogen) atoms. The van der Waals surface area contributed by atoms with Gasteiger partial charge in [0.1, 0.15) is 0 Å². The van der Waals surface area contributed by atoms with Gasteiger partial charge in [0.15, 0.2) is 4.75 Å². The van der Waals surface area contributed by atoms with Crippen LogP contribution in [0.25, 0.3) is 0 Å². The summed E-state index contributed by atoms with van der Waals surface area (Å²) in [5.74, 6) is -16.6. The third kappa shape index (κ3) is 1.77. The van der Waals surface area contributed by atoms with Gasteiger partial charge >= 0.3 is 24.2 Å². The van der Waals surface area contributed by atoms with Gasteiger partial charge in [0.2, 0.25) is 0 Å². The Morgan fingerprint density at radius 3 is 1.78 bits per heavy atom. The minimum Gasteiger partial charge on any atom is -0.197 e. The number of hydrogen-bond acceptors (Lipinski definition) is 1. The fourth-order valence-corrected chi connectivity index (χ4v) is 5.84. The molecule has 0 N–H and O–H groups in total. The van der Waals surface area contributed by atoms with Crippen molar-refractivity contribution in [1.82, 2.24) is 0 Å². The van der Waals surface area contributed by atoms with E-state index in [1.807, 2.05) is 0 Å². The summed E-state index contributed by atoms with van der Waals surface area (Å²) in [5, 5.41) is -1.01. The molecular formula is C12H8F10S. The second kappa shape index (κ2) is 4.32. The minimum atomic E-state index is -6.78. The van der Waals surface area contributed by atoms with E-state index in [9.17, 15) is 43.9 Å². The molecule has 4 unspecified atom stereocenters. The Labute approximate surface area is 127 Å². The lowest BCUT2D eigenvalue weighted by Crippen LogP contribution is -2.76. The van der Waals surface area contributed by atoms with E-state index in [2.05, 4.69) is 0 Å². The molecule has 11 heteroatoms. The lowest BCUT2D eigenvalue weighted by atomic mass is 9.73. The van der Waals surface area contributed by atoms with Crippen molar-refractivity contribution >= 4 is 11.8 Å². The molecule has 0 aromatic carbocycles. The summed E-state index contributed by atoms with van der Waals surface area (Å²) in [7, 11) is 0. The quantitative estimate of drug-likeness (QED) is 0.481. The Balaban J connectivity index is 2.11. The zero-order chi connectivity index (χ0) is 17.6. The van der Waals surface area contributed by atoms with Gasteiger partial charge in [0, 0.05) is 11.2 Å². The zero-order valence-corrected chi connectivity index (χ0v) is 11.7. The Morgan fingerprint density at radius 2 is 1.35 bits per heavy atom. The van der Waals surface area contributed by atoms with Crippen LogP contribution in [0.4, 0.5) is 43.9 Å².